The predicted octanol–water partition coefficient (Wildman–Crippen LogP) is 1.92. The zero-order valence-corrected chi connectivity index (χ0v) is 7.84. The molecule has 0 N–H and O–H groups in total. The van der Waals surface area contributed by atoms with E-state index in [-0.39, 0.29) is 0 Å². The molecule has 3 fully saturated rings. The average molecular weight is 237 g/mol. The smallest absolute Gasteiger partial charge is 0.0201 e. The van der Waals surface area contributed by atoms with Crippen LogP contribution in [0.1, 0.15) is 13.3 Å². The molecule has 2 heteroatoms. The summed E-state index contributed by atoms with van der Waals surface area (Å²) < 4.78 is 2.44. The monoisotopic (exact) mass is 237 g/mol. The van der Waals surface area contributed by atoms with Crippen molar-refractivity contribution in [1.29, 1.82) is 0 Å². The van der Waals surface area contributed by atoms with E-state index in [1.165, 1.54) is 19.5 Å². The highest BCUT2D eigenvalue weighted by molar-refractivity contribution is 14.1. The summed E-state index contributed by atoms with van der Waals surface area (Å²) in [6, 6.07) is 0. The van der Waals surface area contributed by atoms with E-state index in [2.05, 4.69) is 32.9 Å². The van der Waals surface area contributed by atoms with Gasteiger partial charge in [0, 0.05) is 36.0 Å². The second kappa shape index (κ2) is 2.09. The van der Waals surface area contributed by atoms with Crippen molar-refractivity contribution in [3.8, 4) is 0 Å². The van der Waals surface area contributed by atoms with Gasteiger partial charge in [-0.3, -0.25) is 0 Å². The molecular weight excluding hydrogens is 225 g/mol. The molecule has 2 unspecified atom stereocenters. The molecule has 1 nitrogen and oxygen atoms in total. The van der Waals surface area contributed by atoms with Crippen molar-refractivity contribution in [2.45, 2.75) is 13.3 Å². The quantitative estimate of drug-likeness (QED) is 0.459. The first-order valence-corrected chi connectivity index (χ1v) is 4.64. The Hall–Kier alpha value is 0.690. The molecule has 0 spiro atoms. The molecule has 0 aromatic heterocycles. The van der Waals surface area contributed by atoms with Crippen molar-refractivity contribution in [2.24, 2.45) is 17.8 Å². The molecule has 52 valence electrons. The van der Waals surface area contributed by atoms with Crippen molar-refractivity contribution in [3.05, 3.63) is 0 Å². The Morgan fingerprint density at radius 1 is 1.33 bits per heavy atom. The van der Waals surface area contributed by atoms with Gasteiger partial charge in [-0.1, -0.05) is 6.92 Å². The Labute approximate surface area is 70.3 Å². The van der Waals surface area contributed by atoms with Crippen LogP contribution in [0.2, 0.25) is 0 Å². The van der Waals surface area contributed by atoms with Gasteiger partial charge in [0.05, 0.1) is 0 Å². The van der Waals surface area contributed by atoms with Crippen molar-refractivity contribution in [2.75, 3.05) is 13.1 Å². The second-order valence-corrected chi connectivity index (χ2v) is 4.81. The topological polar surface area (TPSA) is 3.24 Å². The Balaban J connectivity index is 2.01. The molecular formula is C7H12IN. The highest BCUT2D eigenvalue weighted by Crippen LogP contribution is 2.45. The summed E-state index contributed by atoms with van der Waals surface area (Å²) in [5.74, 6) is 3.12. The normalized spacial score (nSPS) is 50.7. The van der Waals surface area contributed by atoms with Gasteiger partial charge in [0.1, 0.15) is 0 Å². The molecule has 1 aliphatic carbocycles. The van der Waals surface area contributed by atoms with Gasteiger partial charge in [0.2, 0.25) is 0 Å². The number of rotatable bonds is 0. The van der Waals surface area contributed by atoms with Gasteiger partial charge in [0.25, 0.3) is 0 Å². The SMILES string of the molecule is CC1C2CC1CN(I)C2. The maximum Gasteiger partial charge on any atom is 0.0201 e. The minimum atomic E-state index is 1.04. The molecule has 2 aliphatic heterocycles. The summed E-state index contributed by atoms with van der Waals surface area (Å²) in [6.45, 7) is 5.10. The van der Waals surface area contributed by atoms with E-state index in [1.807, 2.05) is 0 Å². The number of nitrogens with zero attached hydrogens (tertiary/aromatic N) is 1. The Morgan fingerprint density at radius 2 is 1.89 bits per heavy atom. The van der Waals surface area contributed by atoms with Gasteiger partial charge in [-0.25, -0.2) is 3.11 Å². The molecule has 0 amide bonds. The summed E-state index contributed by atoms with van der Waals surface area (Å²) in [4.78, 5) is 0. The predicted molar refractivity (Wildman–Crippen MR) is 46.4 cm³/mol. The maximum atomic E-state index is 2.45. The molecule has 2 saturated heterocycles. The lowest BCUT2D eigenvalue weighted by Crippen LogP contribution is -2.50. The van der Waals surface area contributed by atoms with Crippen LogP contribution in [-0.4, -0.2) is 16.2 Å². The summed E-state index contributed by atoms with van der Waals surface area (Å²) in [6.07, 6.45) is 1.51. The van der Waals surface area contributed by atoms with Crippen LogP contribution in [0.5, 0.6) is 0 Å². The van der Waals surface area contributed by atoms with Gasteiger partial charge in [-0.05, 0) is 24.2 Å². The lowest BCUT2D eigenvalue weighted by molar-refractivity contribution is 0.0148. The fourth-order valence-corrected chi connectivity index (χ4v) is 3.08. The number of halogens is 1. The van der Waals surface area contributed by atoms with Gasteiger partial charge >= 0.3 is 0 Å². The molecule has 3 rings (SSSR count). The van der Waals surface area contributed by atoms with E-state index in [0.717, 1.165) is 17.8 Å². The van der Waals surface area contributed by atoms with Crippen LogP contribution in [0.25, 0.3) is 0 Å². The first-order valence-electron chi connectivity index (χ1n) is 3.68. The minimum Gasteiger partial charge on any atom is -0.247 e. The third-order valence-electron chi connectivity index (χ3n) is 2.96. The van der Waals surface area contributed by atoms with E-state index in [9.17, 15) is 0 Å². The molecule has 0 aromatic carbocycles. The third kappa shape index (κ3) is 0.909. The van der Waals surface area contributed by atoms with Crippen LogP contribution in [0.4, 0.5) is 0 Å². The van der Waals surface area contributed by atoms with E-state index in [1.54, 1.807) is 0 Å². The van der Waals surface area contributed by atoms with E-state index >= 15 is 0 Å². The fourth-order valence-electron chi connectivity index (χ4n) is 2.07. The Morgan fingerprint density at radius 3 is 2.22 bits per heavy atom. The molecule has 2 bridgehead atoms. The lowest BCUT2D eigenvalue weighted by atomic mass is 9.63. The average Bonchev–Trinajstić information content (AvgIpc) is 1.87. The summed E-state index contributed by atoms with van der Waals surface area (Å²) in [5.41, 5.74) is 0. The Kier molecular flexibility index (Phi) is 1.49. The van der Waals surface area contributed by atoms with E-state index in [0.29, 0.717) is 0 Å². The van der Waals surface area contributed by atoms with Crippen molar-refractivity contribution >= 4 is 22.9 Å². The highest BCUT2D eigenvalue weighted by atomic mass is 127. The van der Waals surface area contributed by atoms with Crippen LogP contribution in [-0.2, 0) is 0 Å². The molecule has 1 saturated carbocycles. The van der Waals surface area contributed by atoms with Gasteiger partial charge in [-0.2, -0.15) is 0 Å². The zero-order chi connectivity index (χ0) is 6.43. The summed E-state index contributed by atoms with van der Waals surface area (Å²) in [7, 11) is 0. The van der Waals surface area contributed by atoms with Gasteiger partial charge in [0.15, 0.2) is 0 Å². The molecule has 0 radical (unpaired) electrons. The van der Waals surface area contributed by atoms with Gasteiger partial charge < -0.3 is 0 Å². The van der Waals surface area contributed by atoms with Crippen LogP contribution in [0, 0.1) is 17.8 Å². The largest absolute Gasteiger partial charge is 0.247 e. The summed E-state index contributed by atoms with van der Waals surface area (Å²) in [5, 5.41) is 0. The highest BCUT2D eigenvalue weighted by Gasteiger charge is 2.42. The van der Waals surface area contributed by atoms with Crippen LogP contribution in [0.15, 0.2) is 0 Å². The molecule has 0 aromatic rings. The van der Waals surface area contributed by atoms with Crippen LogP contribution < -0.4 is 0 Å². The number of piperidine rings is 2. The lowest BCUT2D eigenvalue weighted by Gasteiger charge is -2.50. The second-order valence-electron chi connectivity index (χ2n) is 3.44. The van der Waals surface area contributed by atoms with E-state index in [4.69, 9.17) is 0 Å². The zero-order valence-electron chi connectivity index (χ0n) is 5.68. The minimum absolute atomic E-state index is 1.04. The van der Waals surface area contributed by atoms with Crippen LogP contribution in [0.3, 0.4) is 0 Å². The van der Waals surface area contributed by atoms with Crippen molar-refractivity contribution in [1.82, 2.24) is 3.11 Å². The maximum absolute atomic E-state index is 2.45. The van der Waals surface area contributed by atoms with E-state index < -0.39 is 0 Å². The fraction of sp³-hybridized carbons (Fsp3) is 1.00. The van der Waals surface area contributed by atoms with Crippen LogP contribution >= 0.6 is 22.9 Å². The first-order chi connectivity index (χ1) is 4.27. The summed E-state index contributed by atoms with van der Waals surface area (Å²) >= 11 is 2.45. The molecule has 2 heterocycles. The standard InChI is InChI=1S/C7H12IN/c1-5-6-2-7(5)4-9(8)3-6/h5-7H,2-4H2,1H3. The third-order valence-corrected chi connectivity index (χ3v) is 3.75. The molecule has 9 heavy (non-hydrogen) atoms. The van der Waals surface area contributed by atoms with Gasteiger partial charge in [-0.15, -0.1) is 0 Å². The molecule has 3 aliphatic rings. The molecule has 2 atom stereocenters. The number of fused-ring (bicyclic) bond motifs is 2. The first kappa shape index (κ1) is 6.40. The van der Waals surface area contributed by atoms with Crippen molar-refractivity contribution in [3.63, 3.8) is 0 Å². The number of hydrogen-bond acceptors (Lipinski definition) is 1. The number of hydrogen-bond donors (Lipinski definition) is 0. The Bertz CT molecular complexity index is 114. The van der Waals surface area contributed by atoms with Crippen molar-refractivity contribution < 1.29 is 0 Å².